The first-order chi connectivity index (χ1) is 20.9. The lowest BCUT2D eigenvalue weighted by Gasteiger charge is -2.26. The van der Waals surface area contributed by atoms with E-state index in [-0.39, 0.29) is 56.6 Å². The molecule has 0 fully saturated rings. The molecule has 20 nitrogen and oxygen atoms in total. The third kappa shape index (κ3) is 18.9. The number of nitrogens with two attached hydrogens (primary N) is 6. The molecular weight excluding hydrogens is 596 g/mol. The Balaban J connectivity index is 5.73. The van der Waals surface area contributed by atoms with Gasteiger partial charge in [-0.3, -0.25) is 43.5 Å². The molecule has 0 aromatic carbocycles. The molecule has 6 amide bonds. The number of nitrogens with one attached hydrogen (secondary N) is 4. The van der Waals surface area contributed by atoms with Crippen LogP contribution in [0.3, 0.4) is 0 Å². The Morgan fingerprint density at radius 3 is 1.47 bits per heavy atom. The van der Waals surface area contributed by atoms with Crippen LogP contribution in [0.1, 0.15) is 58.8 Å². The summed E-state index contributed by atoms with van der Waals surface area (Å²) in [6, 6.07) is -5.08. The predicted molar refractivity (Wildman–Crippen MR) is 162 cm³/mol. The van der Waals surface area contributed by atoms with E-state index < -0.39 is 78.4 Å². The van der Waals surface area contributed by atoms with E-state index in [1.807, 2.05) is 0 Å². The van der Waals surface area contributed by atoms with Crippen LogP contribution in [0.4, 0.5) is 0 Å². The van der Waals surface area contributed by atoms with Crippen LogP contribution < -0.4 is 55.7 Å². The van der Waals surface area contributed by atoms with Gasteiger partial charge in [0.25, 0.3) is 0 Å². The van der Waals surface area contributed by atoms with Gasteiger partial charge in [-0.25, -0.2) is 0 Å². The molecule has 4 atom stereocenters. The summed E-state index contributed by atoms with van der Waals surface area (Å²) < 4.78 is 0. The fourth-order valence-corrected chi connectivity index (χ4v) is 3.84. The van der Waals surface area contributed by atoms with Crippen molar-refractivity contribution in [3.05, 3.63) is 0 Å². The van der Waals surface area contributed by atoms with Gasteiger partial charge in [-0.05, 0) is 38.0 Å². The van der Waals surface area contributed by atoms with E-state index in [2.05, 4.69) is 31.3 Å². The number of carbonyl (C=O) groups excluding carboxylic acids is 6. The van der Waals surface area contributed by atoms with Crippen LogP contribution in [-0.4, -0.2) is 95.7 Å². The number of guanidine groups is 2. The average Bonchev–Trinajstić information content (AvgIpc) is 2.89. The molecule has 0 aliphatic carbocycles. The molecule has 0 bridgehead atoms. The second-order valence-electron chi connectivity index (χ2n) is 10.5. The third-order valence-electron chi connectivity index (χ3n) is 5.92. The van der Waals surface area contributed by atoms with Gasteiger partial charge in [0, 0.05) is 13.1 Å². The Morgan fingerprint density at radius 2 is 1.04 bits per heavy atom. The quantitative estimate of drug-likeness (QED) is 0.0229. The Bertz CT molecular complexity index is 1120. The number of amides is 6. The number of hydrogen-bond acceptors (Lipinski definition) is 9. The Hall–Kier alpha value is -5.17. The van der Waals surface area contributed by atoms with Gasteiger partial charge >= 0.3 is 5.97 Å². The minimum absolute atomic E-state index is 0.0242. The molecule has 0 heterocycles. The number of nitrogens with zero attached hydrogens (tertiary/aromatic N) is 2. The largest absolute Gasteiger partial charge is 0.481 e. The van der Waals surface area contributed by atoms with Gasteiger partial charge < -0.3 is 60.8 Å². The lowest BCUT2D eigenvalue weighted by atomic mass is 10.0. The van der Waals surface area contributed by atoms with Crippen molar-refractivity contribution in [3.8, 4) is 0 Å². The SMILES string of the molecule is CC(C)C[C@@H](NC(=O)[C@H](CCCN=C(N)N)NC(=O)CC(=O)N[C@@H](CC(=O)O)C(N)=O)C(=O)N[C@@H](CCCN=C(N)N)C(N)=O. The molecule has 17 N–H and O–H groups in total. The van der Waals surface area contributed by atoms with Gasteiger partial charge in [-0.2, -0.15) is 0 Å². The fourth-order valence-electron chi connectivity index (χ4n) is 3.84. The summed E-state index contributed by atoms with van der Waals surface area (Å²) in [4.78, 5) is 93.4. The lowest BCUT2D eigenvalue weighted by Crippen LogP contribution is -2.57. The number of carboxylic acid groups (broad SMARTS) is 1. The normalized spacial score (nSPS) is 13.2. The van der Waals surface area contributed by atoms with Crippen molar-refractivity contribution in [1.82, 2.24) is 21.3 Å². The maximum absolute atomic E-state index is 13.3. The number of aliphatic imine (C=N–C) groups is 2. The molecule has 0 aromatic rings. The Morgan fingerprint density at radius 1 is 0.622 bits per heavy atom. The molecule has 20 heteroatoms. The number of carbonyl (C=O) groups is 7. The molecule has 0 saturated carbocycles. The first kappa shape index (κ1) is 39.8. The summed E-state index contributed by atoms with van der Waals surface area (Å²) in [5, 5.41) is 18.4. The third-order valence-corrected chi connectivity index (χ3v) is 5.92. The zero-order valence-corrected chi connectivity index (χ0v) is 25.4. The summed E-state index contributed by atoms with van der Waals surface area (Å²) in [6.07, 6.45) is -0.918. The second-order valence-corrected chi connectivity index (χ2v) is 10.5. The fraction of sp³-hybridized carbons (Fsp3) is 0.640. The van der Waals surface area contributed by atoms with Gasteiger partial charge in [-0.1, -0.05) is 13.8 Å². The maximum Gasteiger partial charge on any atom is 0.305 e. The van der Waals surface area contributed by atoms with Crippen molar-refractivity contribution in [3.63, 3.8) is 0 Å². The molecule has 0 aliphatic heterocycles. The molecule has 254 valence electrons. The van der Waals surface area contributed by atoms with Gasteiger partial charge in [0.2, 0.25) is 35.4 Å². The summed E-state index contributed by atoms with van der Waals surface area (Å²) >= 11 is 0. The molecular formula is C25H46N12O8. The minimum Gasteiger partial charge on any atom is -0.481 e. The summed E-state index contributed by atoms with van der Waals surface area (Å²) in [6.45, 7) is 3.87. The molecule has 0 rings (SSSR count). The van der Waals surface area contributed by atoms with Crippen molar-refractivity contribution >= 4 is 53.3 Å². The van der Waals surface area contributed by atoms with E-state index in [0.29, 0.717) is 6.42 Å². The van der Waals surface area contributed by atoms with E-state index in [1.165, 1.54) is 0 Å². The van der Waals surface area contributed by atoms with Crippen molar-refractivity contribution in [2.24, 2.45) is 50.3 Å². The number of aliphatic carboxylic acids is 1. The number of rotatable bonds is 22. The smallest absolute Gasteiger partial charge is 0.305 e. The molecule has 0 spiro atoms. The van der Waals surface area contributed by atoms with Gasteiger partial charge in [0.05, 0.1) is 6.42 Å². The summed E-state index contributed by atoms with van der Waals surface area (Å²) in [7, 11) is 0. The van der Waals surface area contributed by atoms with E-state index in [1.54, 1.807) is 13.8 Å². The van der Waals surface area contributed by atoms with Crippen molar-refractivity contribution < 1.29 is 38.7 Å². The van der Waals surface area contributed by atoms with Crippen LogP contribution in [0, 0.1) is 5.92 Å². The minimum atomic E-state index is -1.56. The maximum atomic E-state index is 13.3. The lowest BCUT2D eigenvalue weighted by molar-refractivity contribution is -0.140. The van der Waals surface area contributed by atoms with E-state index in [9.17, 15) is 33.6 Å². The number of primary amides is 2. The van der Waals surface area contributed by atoms with Gasteiger partial charge in [-0.15, -0.1) is 0 Å². The van der Waals surface area contributed by atoms with E-state index in [4.69, 9.17) is 39.5 Å². The highest BCUT2D eigenvalue weighted by Gasteiger charge is 2.30. The Labute approximate surface area is 259 Å². The van der Waals surface area contributed by atoms with Crippen LogP contribution in [0.2, 0.25) is 0 Å². The molecule has 0 aliphatic rings. The van der Waals surface area contributed by atoms with Crippen molar-refractivity contribution in [1.29, 1.82) is 0 Å². The topological polar surface area (TPSA) is 369 Å². The molecule has 0 aromatic heterocycles. The van der Waals surface area contributed by atoms with Crippen LogP contribution >= 0.6 is 0 Å². The molecule has 45 heavy (non-hydrogen) atoms. The number of hydrogen-bond donors (Lipinski definition) is 11. The zero-order valence-electron chi connectivity index (χ0n) is 25.4. The highest BCUT2D eigenvalue weighted by molar-refractivity contribution is 6.01. The monoisotopic (exact) mass is 642 g/mol. The van der Waals surface area contributed by atoms with E-state index >= 15 is 0 Å². The van der Waals surface area contributed by atoms with Crippen LogP contribution in [-0.2, 0) is 33.6 Å². The summed E-state index contributed by atoms with van der Waals surface area (Å²) in [5.74, 6) is -7.24. The van der Waals surface area contributed by atoms with Crippen LogP contribution in [0.5, 0.6) is 0 Å². The average molecular weight is 643 g/mol. The predicted octanol–water partition coefficient (Wildman–Crippen LogP) is -5.09. The standard InChI is InChI=1S/C25H46N12O8/c1-12(2)9-16(23(45)36-13(20(26)42)5-3-7-32-24(28)29)37-22(44)14(6-4-8-33-25(30)31)34-17(38)11-18(39)35-15(21(27)43)10-19(40)41/h12-16H,3-11H2,1-2H3,(H2,26,42)(H2,27,43)(H,34,38)(H,35,39)(H,36,45)(H,37,44)(H,40,41)(H4,28,29,32)(H4,30,31,33)/t13-,14-,15-,16+/m0/s1. The van der Waals surface area contributed by atoms with Gasteiger partial charge in [0.1, 0.15) is 30.6 Å². The Kier molecular flexibility index (Phi) is 18.3. The first-order valence-electron chi connectivity index (χ1n) is 14.0. The summed E-state index contributed by atoms with van der Waals surface area (Å²) in [5.41, 5.74) is 31.8. The molecule has 0 saturated heterocycles. The molecule has 0 unspecified atom stereocenters. The zero-order chi connectivity index (χ0) is 34.7. The van der Waals surface area contributed by atoms with E-state index in [0.717, 1.165) is 0 Å². The van der Waals surface area contributed by atoms with Crippen molar-refractivity contribution in [2.45, 2.75) is 83.0 Å². The van der Waals surface area contributed by atoms with Crippen molar-refractivity contribution in [2.75, 3.05) is 13.1 Å². The number of carboxylic acids is 1. The highest BCUT2D eigenvalue weighted by atomic mass is 16.4. The first-order valence-corrected chi connectivity index (χ1v) is 14.0. The second kappa shape index (κ2) is 20.7. The highest BCUT2D eigenvalue weighted by Crippen LogP contribution is 2.09. The van der Waals surface area contributed by atoms with Crippen LogP contribution in [0.25, 0.3) is 0 Å². The van der Waals surface area contributed by atoms with Gasteiger partial charge in [0.15, 0.2) is 11.9 Å². The molecule has 0 radical (unpaired) electrons. The van der Waals surface area contributed by atoms with Crippen LogP contribution in [0.15, 0.2) is 9.98 Å².